The lowest BCUT2D eigenvalue weighted by atomic mass is 10.3. The summed E-state index contributed by atoms with van der Waals surface area (Å²) >= 11 is 3.07. The lowest BCUT2D eigenvalue weighted by Gasteiger charge is -2.05. The van der Waals surface area contributed by atoms with Crippen LogP contribution in [0.3, 0.4) is 0 Å². The van der Waals surface area contributed by atoms with Gasteiger partial charge >= 0.3 is 6.03 Å². The van der Waals surface area contributed by atoms with Crippen molar-refractivity contribution < 1.29 is 18.7 Å². The van der Waals surface area contributed by atoms with Crippen LogP contribution < -0.4 is 15.8 Å². The molecule has 1 aromatic rings. The standard InChI is InChI=1S/C9H8BrFN2O3/c10-5-1-6(11)3-7(2-5)16-4-8(14)13-9(12)15/h1-3H,4H2,(H3,12,13,14,15). The second-order valence-electron chi connectivity index (χ2n) is 2.81. The lowest BCUT2D eigenvalue weighted by molar-refractivity contribution is -0.121. The Hall–Kier alpha value is -1.63. The average molecular weight is 291 g/mol. The Morgan fingerprint density at radius 1 is 1.44 bits per heavy atom. The van der Waals surface area contributed by atoms with Gasteiger partial charge in [0.1, 0.15) is 11.6 Å². The molecule has 5 nitrogen and oxygen atoms in total. The third kappa shape index (κ3) is 4.26. The topological polar surface area (TPSA) is 81.4 Å². The highest BCUT2D eigenvalue weighted by atomic mass is 79.9. The first-order chi connectivity index (χ1) is 7.47. The first-order valence-electron chi connectivity index (χ1n) is 4.15. The summed E-state index contributed by atoms with van der Waals surface area (Å²) < 4.78 is 18.3. The van der Waals surface area contributed by atoms with Gasteiger partial charge in [0.25, 0.3) is 5.91 Å². The Balaban J connectivity index is 2.54. The van der Waals surface area contributed by atoms with Crippen molar-refractivity contribution >= 4 is 27.9 Å². The van der Waals surface area contributed by atoms with E-state index in [1.54, 1.807) is 0 Å². The smallest absolute Gasteiger partial charge is 0.318 e. The second-order valence-corrected chi connectivity index (χ2v) is 3.72. The quantitative estimate of drug-likeness (QED) is 0.876. The fraction of sp³-hybridized carbons (Fsp3) is 0.111. The number of halogens is 2. The van der Waals surface area contributed by atoms with E-state index in [0.717, 1.165) is 6.07 Å². The van der Waals surface area contributed by atoms with Gasteiger partial charge < -0.3 is 10.5 Å². The average Bonchev–Trinajstić information content (AvgIpc) is 2.12. The normalized spacial score (nSPS) is 9.62. The number of rotatable bonds is 3. The molecule has 1 aromatic carbocycles. The van der Waals surface area contributed by atoms with Crippen molar-refractivity contribution in [1.29, 1.82) is 0 Å². The fourth-order valence-corrected chi connectivity index (χ4v) is 1.38. The number of carbonyl (C=O) groups is 2. The molecule has 0 saturated heterocycles. The predicted octanol–water partition coefficient (Wildman–Crippen LogP) is 1.16. The van der Waals surface area contributed by atoms with E-state index >= 15 is 0 Å². The van der Waals surface area contributed by atoms with Crippen LogP contribution in [0.1, 0.15) is 0 Å². The Kier molecular flexibility index (Phi) is 4.24. The van der Waals surface area contributed by atoms with Gasteiger partial charge in [-0.2, -0.15) is 0 Å². The number of ether oxygens (including phenoxy) is 1. The molecule has 0 bridgehead atoms. The SMILES string of the molecule is NC(=O)NC(=O)COc1cc(F)cc(Br)c1. The Morgan fingerprint density at radius 2 is 2.12 bits per heavy atom. The van der Waals surface area contributed by atoms with E-state index in [4.69, 9.17) is 10.5 Å². The van der Waals surface area contributed by atoms with Crippen LogP contribution in [0.4, 0.5) is 9.18 Å². The third-order valence-corrected chi connectivity index (χ3v) is 1.93. The molecular weight excluding hydrogens is 283 g/mol. The Bertz CT molecular complexity index is 405. The number of nitrogens with one attached hydrogen (secondary N) is 1. The van der Waals surface area contributed by atoms with Crippen LogP contribution in [0.25, 0.3) is 0 Å². The van der Waals surface area contributed by atoms with Crippen molar-refractivity contribution in [2.75, 3.05) is 6.61 Å². The summed E-state index contributed by atoms with van der Waals surface area (Å²) in [5.74, 6) is -1.03. The van der Waals surface area contributed by atoms with Crippen molar-refractivity contribution in [1.82, 2.24) is 5.32 Å². The molecular formula is C9H8BrFN2O3. The summed E-state index contributed by atoms with van der Waals surface area (Å²) in [6.07, 6.45) is 0. The summed E-state index contributed by atoms with van der Waals surface area (Å²) in [7, 11) is 0. The third-order valence-electron chi connectivity index (χ3n) is 1.47. The van der Waals surface area contributed by atoms with E-state index in [2.05, 4.69) is 15.9 Å². The molecule has 0 aliphatic rings. The molecule has 0 atom stereocenters. The molecule has 0 radical (unpaired) electrons. The van der Waals surface area contributed by atoms with E-state index in [1.165, 1.54) is 12.1 Å². The van der Waals surface area contributed by atoms with Gasteiger partial charge in [-0.1, -0.05) is 15.9 Å². The minimum atomic E-state index is -0.964. The zero-order chi connectivity index (χ0) is 12.1. The highest BCUT2D eigenvalue weighted by Crippen LogP contribution is 2.20. The maximum atomic E-state index is 12.9. The summed E-state index contributed by atoms with van der Waals surface area (Å²) in [4.78, 5) is 21.3. The minimum Gasteiger partial charge on any atom is -0.484 e. The lowest BCUT2D eigenvalue weighted by Crippen LogP contribution is -2.38. The van der Waals surface area contributed by atoms with Gasteiger partial charge in [0.2, 0.25) is 0 Å². The van der Waals surface area contributed by atoms with Gasteiger partial charge in [0, 0.05) is 10.5 Å². The molecule has 0 spiro atoms. The van der Waals surface area contributed by atoms with Crippen LogP contribution in [0.5, 0.6) is 5.75 Å². The largest absolute Gasteiger partial charge is 0.484 e. The molecule has 0 aliphatic carbocycles. The zero-order valence-electron chi connectivity index (χ0n) is 8.00. The number of benzene rings is 1. The number of urea groups is 1. The van der Waals surface area contributed by atoms with Crippen molar-refractivity contribution in [2.45, 2.75) is 0 Å². The first-order valence-corrected chi connectivity index (χ1v) is 4.95. The number of hydrogen-bond donors (Lipinski definition) is 2. The summed E-state index contributed by atoms with van der Waals surface area (Å²) in [5.41, 5.74) is 4.72. The zero-order valence-corrected chi connectivity index (χ0v) is 9.58. The Morgan fingerprint density at radius 3 is 2.69 bits per heavy atom. The van der Waals surface area contributed by atoms with Gasteiger partial charge in [0.05, 0.1) is 0 Å². The highest BCUT2D eigenvalue weighted by Gasteiger charge is 2.06. The molecule has 1 rings (SSSR count). The van der Waals surface area contributed by atoms with Crippen molar-refractivity contribution in [2.24, 2.45) is 5.73 Å². The van der Waals surface area contributed by atoms with Gasteiger partial charge in [0.15, 0.2) is 6.61 Å². The van der Waals surface area contributed by atoms with Crippen LogP contribution in [0.2, 0.25) is 0 Å². The van der Waals surface area contributed by atoms with Gasteiger partial charge in [-0.05, 0) is 12.1 Å². The van der Waals surface area contributed by atoms with Crippen molar-refractivity contribution in [3.05, 3.63) is 28.5 Å². The fourth-order valence-electron chi connectivity index (χ4n) is 0.934. The molecule has 0 unspecified atom stereocenters. The highest BCUT2D eigenvalue weighted by molar-refractivity contribution is 9.10. The molecule has 16 heavy (non-hydrogen) atoms. The molecule has 0 aromatic heterocycles. The summed E-state index contributed by atoms with van der Waals surface area (Å²) in [6.45, 7) is -0.418. The van der Waals surface area contributed by atoms with Gasteiger partial charge in [-0.3, -0.25) is 10.1 Å². The van der Waals surface area contributed by atoms with Crippen LogP contribution >= 0.6 is 15.9 Å². The first kappa shape index (κ1) is 12.4. The van der Waals surface area contributed by atoms with Crippen molar-refractivity contribution in [3.63, 3.8) is 0 Å². The molecule has 0 heterocycles. The molecule has 3 N–H and O–H groups in total. The number of amides is 3. The summed E-state index contributed by atoms with van der Waals surface area (Å²) in [6, 6.07) is 2.88. The van der Waals surface area contributed by atoms with Crippen LogP contribution in [-0.4, -0.2) is 18.5 Å². The Labute approximate surface area is 98.9 Å². The second kappa shape index (κ2) is 5.45. The van der Waals surface area contributed by atoms with Crippen molar-refractivity contribution in [3.8, 4) is 5.75 Å². The van der Waals surface area contributed by atoms with E-state index in [9.17, 15) is 14.0 Å². The maximum absolute atomic E-state index is 12.9. The number of carbonyl (C=O) groups excluding carboxylic acids is 2. The van der Waals surface area contributed by atoms with Crippen LogP contribution in [-0.2, 0) is 4.79 Å². The van der Waals surface area contributed by atoms with Gasteiger partial charge in [-0.15, -0.1) is 0 Å². The van der Waals surface area contributed by atoms with Gasteiger partial charge in [-0.25, -0.2) is 9.18 Å². The van der Waals surface area contributed by atoms with E-state index < -0.39 is 24.4 Å². The van der Waals surface area contributed by atoms with Crippen LogP contribution in [0, 0.1) is 5.82 Å². The van der Waals surface area contributed by atoms with E-state index in [-0.39, 0.29) is 5.75 Å². The minimum absolute atomic E-state index is 0.173. The number of hydrogen-bond acceptors (Lipinski definition) is 3. The number of nitrogens with two attached hydrogens (primary N) is 1. The molecule has 7 heteroatoms. The molecule has 0 saturated carbocycles. The molecule has 3 amide bonds. The predicted molar refractivity (Wildman–Crippen MR) is 57.3 cm³/mol. The molecule has 0 aliphatic heterocycles. The van der Waals surface area contributed by atoms with Crippen LogP contribution in [0.15, 0.2) is 22.7 Å². The monoisotopic (exact) mass is 290 g/mol. The summed E-state index contributed by atoms with van der Waals surface area (Å²) in [5, 5.41) is 1.81. The number of imide groups is 1. The maximum Gasteiger partial charge on any atom is 0.318 e. The van der Waals surface area contributed by atoms with E-state index in [1.807, 2.05) is 5.32 Å². The molecule has 86 valence electrons. The molecule has 0 fully saturated rings. The van der Waals surface area contributed by atoms with E-state index in [0.29, 0.717) is 4.47 Å². The number of primary amides is 1.